The lowest BCUT2D eigenvalue weighted by molar-refractivity contribution is 1.28. The fourth-order valence-electron chi connectivity index (χ4n) is 1.02. The Labute approximate surface area is 192 Å². The SMILES string of the molecule is Sc1c(I)c(I)c(I)c(I)c1I.Sc1ccccc1. The van der Waals surface area contributed by atoms with Crippen LogP contribution in [0.15, 0.2) is 40.1 Å². The van der Waals surface area contributed by atoms with Crippen molar-refractivity contribution in [2.75, 3.05) is 0 Å². The smallest absolute Gasteiger partial charge is 0.0420 e. The van der Waals surface area contributed by atoms with Crippen LogP contribution in [0.2, 0.25) is 0 Å². The van der Waals surface area contributed by atoms with Crippen molar-refractivity contribution in [3.8, 4) is 0 Å². The average molecular weight is 850 g/mol. The van der Waals surface area contributed by atoms with Crippen molar-refractivity contribution in [2.45, 2.75) is 9.79 Å². The molecule has 0 bridgehead atoms. The first kappa shape index (κ1) is 19.8. The van der Waals surface area contributed by atoms with Gasteiger partial charge in [-0.3, -0.25) is 0 Å². The molecule has 0 aliphatic heterocycles. The van der Waals surface area contributed by atoms with E-state index in [1.54, 1.807) is 0 Å². The molecule has 102 valence electrons. The molecule has 0 spiro atoms. The zero-order valence-electron chi connectivity index (χ0n) is 9.17. The molecule has 0 saturated carbocycles. The van der Waals surface area contributed by atoms with Gasteiger partial charge in [0, 0.05) is 27.6 Å². The summed E-state index contributed by atoms with van der Waals surface area (Å²) in [5.41, 5.74) is 0. The standard InChI is InChI=1S/C6HI5S.C6H6S/c7-1-2(8)4(10)6(12)5(11)3(1)9;7-6-4-2-1-3-5-6/h12H;1-5,7H. The highest BCUT2D eigenvalue weighted by Gasteiger charge is 2.14. The molecule has 0 radical (unpaired) electrons. The summed E-state index contributed by atoms with van der Waals surface area (Å²) in [5, 5.41) is 0. The molecule has 0 aliphatic carbocycles. The van der Waals surface area contributed by atoms with Crippen molar-refractivity contribution in [2.24, 2.45) is 0 Å². The van der Waals surface area contributed by atoms with E-state index in [1.165, 1.54) is 17.9 Å². The van der Waals surface area contributed by atoms with Gasteiger partial charge in [0.1, 0.15) is 0 Å². The molecule has 0 nitrogen and oxygen atoms in total. The third-order valence-corrected chi connectivity index (χ3v) is 13.1. The highest BCUT2D eigenvalue weighted by molar-refractivity contribution is 14.1. The minimum atomic E-state index is 1.02. The topological polar surface area (TPSA) is 0 Å². The number of hydrogen-bond acceptors (Lipinski definition) is 2. The Bertz CT molecular complexity index is 467. The van der Waals surface area contributed by atoms with E-state index in [1.807, 2.05) is 30.3 Å². The summed E-state index contributed by atoms with van der Waals surface area (Å²) >= 11 is 20.3. The van der Waals surface area contributed by atoms with Crippen molar-refractivity contribution >= 4 is 138 Å². The van der Waals surface area contributed by atoms with Crippen LogP contribution in [-0.2, 0) is 0 Å². The second-order valence-electron chi connectivity index (χ2n) is 3.25. The van der Waals surface area contributed by atoms with E-state index in [0.717, 1.165) is 9.79 Å². The van der Waals surface area contributed by atoms with E-state index >= 15 is 0 Å². The molecule has 2 aromatic rings. The second kappa shape index (κ2) is 9.82. The molecule has 2 aromatic carbocycles. The summed E-state index contributed by atoms with van der Waals surface area (Å²) in [6, 6.07) is 9.79. The molecule has 0 fully saturated rings. The molecule has 0 N–H and O–H groups in total. The van der Waals surface area contributed by atoms with Crippen molar-refractivity contribution in [1.82, 2.24) is 0 Å². The Kier molecular flexibility index (Phi) is 10.3. The van der Waals surface area contributed by atoms with Crippen molar-refractivity contribution in [1.29, 1.82) is 0 Å². The maximum atomic E-state index is 4.47. The second-order valence-corrected chi connectivity index (χ2v) is 9.61. The summed E-state index contributed by atoms with van der Waals surface area (Å²) in [5.74, 6) is 0. The average Bonchev–Trinajstić information content (AvgIpc) is 2.42. The van der Waals surface area contributed by atoms with Crippen LogP contribution in [0.1, 0.15) is 0 Å². The minimum absolute atomic E-state index is 1.02. The van der Waals surface area contributed by atoms with Crippen molar-refractivity contribution in [3.63, 3.8) is 0 Å². The fraction of sp³-hybridized carbons (Fsp3) is 0. The number of hydrogen-bond donors (Lipinski definition) is 2. The minimum Gasteiger partial charge on any atom is -0.143 e. The number of rotatable bonds is 0. The summed E-state index contributed by atoms with van der Waals surface area (Å²) in [4.78, 5) is 2.12. The number of halogens is 5. The van der Waals surface area contributed by atoms with Gasteiger partial charge >= 0.3 is 0 Å². The Hall–Kier alpha value is 2.79. The quantitative estimate of drug-likeness (QED) is 0.122. The summed E-state index contributed by atoms with van der Waals surface area (Å²) in [7, 11) is 0. The first-order valence-electron chi connectivity index (χ1n) is 4.80. The van der Waals surface area contributed by atoms with Crippen molar-refractivity contribution in [3.05, 3.63) is 48.2 Å². The Balaban J connectivity index is 0.000000218. The highest BCUT2D eigenvalue weighted by atomic mass is 127. The molecular weight excluding hydrogens is 843 g/mol. The summed E-state index contributed by atoms with van der Waals surface area (Å²) in [6.07, 6.45) is 0. The van der Waals surface area contributed by atoms with Gasteiger partial charge in [0.15, 0.2) is 0 Å². The van der Waals surface area contributed by atoms with Gasteiger partial charge in [0.25, 0.3) is 0 Å². The molecular formula is C12H7I5S2. The first-order chi connectivity index (χ1) is 8.86. The van der Waals surface area contributed by atoms with E-state index in [0.29, 0.717) is 0 Å². The van der Waals surface area contributed by atoms with Gasteiger partial charge in [-0.15, -0.1) is 25.3 Å². The number of benzene rings is 2. The van der Waals surface area contributed by atoms with Gasteiger partial charge in [-0.1, -0.05) is 18.2 Å². The van der Waals surface area contributed by atoms with Gasteiger partial charge in [-0.25, -0.2) is 0 Å². The van der Waals surface area contributed by atoms with Crippen LogP contribution < -0.4 is 0 Å². The van der Waals surface area contributed by atoms with E-state index in [2.05, 4.69) is 138 Å². The van der Waals surface area contributed by atoms with Crippen LogP contribution >= 0.6 is 138 Å². The van der Waals surface area contributed by atoms with Crippen LogP contribution in [0.3, 0.4) is 0 Å². The predicted octanol–water partition coefficient (Wildman–Crippen LogP) is 6.97. The zero-order valence-corrected chi connectivity index (χ0v) is 21.7. The molecule has 0 unspecified atom stereocenters. The molecule has 2 rings (SSSR count). The molecule has 7 heteroatoms. The normalized spacial score (nSPS) is 9.84. The van der Waals surface area contributed by atoms with Crippen LogP contribution in [0.25, 0.3) is 0 Å². The van der Waals surface area contributed by atoms with E-state index < -0.39 is 0 Å². The molecule has 0 atom stereocenters. The predicted molar refractivity (Wildman–Crippen MR) is 131 cm³/mol. The monoisotopic (exact) mass is 850 g/mol. The third kappa shape index (κ3) is 6.06. The maximum Gasteiger partial charge on any atom is 0.0420 e. The summed E-state index contributed by atoms with van der Waals surface area (Å²) in [6.45, 7) is 0. The van der Waals surface area contributed by atoms with Gasteiger partial charge in [-0.2, -0.15) is 0 Å². The van der Waals surface area contributed by atoms with Gasteiger partial charge in [0.2, 0.25) is 0 Å². The van der Waals surface area contributed by atoms with Gasteiger partial charge in [0.05, 0.1) is 0 Å². The molecule has 0 saturated heterocycles. The molecule has 0 aromatic heterocycles. The van der Waals surface area contributed by atoms with E-state index in [-0.39, 0.29) is 0 Å². The van der Waals surface area contributed by atoms with Gasteiger partial charge in [-0.05, 0) is 125 Å². The largest absolute Gasteiger partial charge is 0.143 e. The summed E-state index contributed by atoms with van der Waals surface area (Å²) < 4.78 is 6.46. The Morgan fingerprint density at radius 3 is 1.26 bits per heavy atom. The van der Waals surface area contributed by atoms with Crippen molar-refractivity contribution < 1.29 is 0 Å². The lowest BCUT2D eigenvalue weighted by Crippen LogP contribution is -1.96. The Morgan fingerprint density at radius 1 is 0.579 bits per heavy atom. The zero-order chi connectivity index (χ0) is 14.6. The first-order valence-corrected chi connectivity index (χ1v) is 11.1. The van der Waals surface area contributed by atoms with Crippen LogP contribution in [0.4, 0.5) is 0 Å². The Morgan fingerprint density at radius 2 is 0.947 bits per heavy atom. The van der Waals surface area contributed by atoms with E-state index in [9.17, 15) is 0 Å². The van der Waals surface area contributed by atoms with Crippen LogP contribution in [0, 0.1) is 17.9 Å². The highest BCUT2D eigenvalue weighted by Crippen LogP contribution is 2.35. The van der Waals surface area contributed by atoms with Crippen LogP contribution in [-0.4, -0.2) is 0 Å². The third-order valence-electron chi connectivity index (χ3n) is 1.94. The fourth-order valence-corrected chi connectivity index (χ4v) is 6.60. The number of thiol groups is 2. The van der Waals surface area contributed by atoms with E-state index in [4.69, 9.17) is 0 Å². The lowest BCUT2D eigenvalue weighted by Gasteiger charge is -2.08. The molecule has 0 amide bonds. The molecule has 0 aliphatic rings. The lowest BCUT2D eigenvalue weighted by atomic mass is 10.4. The van der Waals surface area contributed by atoms with Gasteiger partial charge < -0.3 is 0 Å². The molecule has 19 heavy (non-hydrogen) atoms. The van der Waals surface area contributed by atoms with Crippen LogP contribution in [0.5, 0.6) is 0 Å². The maximum absolute atomic E-state index is 4.47. The molecule has 0 heterocycles.